The fraction of sp³-hybridized carbons (Fsp3) is 0.586. The fourth-order valence-electron chi connectivity index (χ4n) is 5.77. The van der Waals surface area contributed by atoms with Crippen molar-refractivity contribution in [1.82, 2.24) is 0 Å². The molecule has 1 aromatic heterocycles. The lowest BCUT2D eigenvalue weighted by molar-refractivity contribution is 0.173. The van der Waals surface area contributed by atoms with Gasteiger partial charge in [0.15, 0.2) is 22.7 Å². The van der Waals surface area contributed by atoms with E-state index in [0.29, 0.717) is 23.3 Å². The minimum absolute atomic E-state index is 0.0412. The minimum atomic E-state index is -0.557. The molecular weight excluding hydrogens is 434 g/mol. The maximum absolute atomic E-state index is 15.3. The lowest BCUT2D eigenvalue weighted by Crippen LogP contribution is -2.20. The summed E-state index contributed by atoms with van der Waals surface area (Å²) in [4.78, 5) is 0. The zero-order chi connectivity index (χ0) is 23.5. The van der Waals surface area contributed by atoms with Gasteiger partial charge < -0.3 is 13.9 Å². The third-order valence-electron chi connectivity index (χ3n) is 7.87. The van der Waals surface area contributed by atoms with Gasteiger partial charge >= 0.3 is 0 Å². The van der Waals surface area contributed by atoms with E-state index in [1.807, 2.05) is 0 Å². The van der Waals surface area contributed by atoms with Gasteiger partial charge in [-0.05, 0) is 74.6 Å². The topological polar surface area (TPSA) is 31.6 Å². The molecule has 5 rings (SSSR count). The van der Waals surface area contributed by atoms with Gasteiger partial charge in [-0.1, -0.05) is 45.4 Å². The van der Waals surface area contributed by atoms with Crippen LogP contribution in [0.1, 0.15) is 84.0 Å². The Kier molecular flexibility index (Phi) is 7.26. The normalized spacial score (nSPS) is 21.5. The Balaban J connectivity index is 1.26. The van der Waals surface area contributed by atoms with E-state index in [2.05, 4.69) is 6.92 Å². The number of ether oxygens (including phenoxy) is 2. The second-order valence-electron chi connectivity index (χ2n) is 10.3. The molecule has 0 bridgehead atoms. The van der Waals surface area contributed by atoms with Crippen LogP contribution in [-0.2, 0) is 0 Å². The molecule has 2 aromatic carbocycles. The molecule has 0 amide bonds. The minimum Gasteiger partial charge on any atom is -0.490 e. The van der Waals surface area contributed by atoms with Crippen molar-refractivity contribution in [3.63, 3.8) is 0 Å². The summed E-state index contributed by atoms with van der Waals surface area (Å²) < 4.78 is 47.9. The fourth-order valence-corrected chi connectivity index (χ4v) is 5.77. The Bertz CT molecular complexity index is 1110. The highest BCUT2D eigenvalue weighted by atomic mass is 19.1. The Morgan fingerprint density at radius 3 is 2.09 bits per heavy atom. The average Bonchev–Trinajstić information content (AvgIpc) is 3.50. The van der Waals surface area contributed by atoms with Crippen molar-refractivity contribution >= 4 is 21.9 Å². The SMILES string of the molecule is CCCCCC1CCC(COc2ccc3c(oc4c(F)c(OC5CCCC5)ccc43)c2F)CC1. The number of furan rings is 1. The lowest BCUT2D eigenvalue weighted by atomic mass is 9.80. The van der Waals surface area contributed by atoms with Gasteiger partial charge in [-0.2, -0.15) is 8.78 Å². The Hall–Kier alpha value is -2.30. The van der Waals surface area contributed by atoms with E-state index in [4.69, 9.17) is 13.9 Å². The van der Waals surface area contributed by atoms with E-state index in [9.17, 15) is 0 Å². The molecule has 0 spiro atoms. The molecule has 3 aromatic rings. The van der Waals surface area contributed by atoms with E-state index in [-0.39, 0.29) is 28.8 Å². The number of halogens is 2. The Labute approximate surface area is 200 Å². The molecule has 0 radical (unpaired) electrons. The largest absolute Gasteiger partial charge is 0.490 e. The number of hydrogen-bond donors (Lipinski definition) is 0. The first-order valence-electron chi connectivity index (χ1n) is 13.3. The maximum atomic E-state index is 15.3. The molecule has 0 unspecified atom stereocenters. The molecule has 2 aliphatic rings. The predicted octanol–water partition coefficient (Wildman–Crippen LogP) is 8.95. The van der Waals surface area contributed by atoms with Crippen LogP contribution < -0.4 is 9.47 Å². The van der Waals surface area contributed by atoms with Crippen LogP contribution in [0.3, 0.4) is 0 Å². The molecule has 0 atom stereocenters. The number of rotatable bonds is 9. The summed E-state index contributed by atoms with van der Waals surface area (Å²) in [6.45, 7) is 2.76. The summed E-state index contributed by atoms with van der Waals surface area (Å²) in [5.41, 5.74) is 0.0898. The zero-order valence-electron chi connectivity index (χ0n) is 20.2. The predicted molar refractivity (Wildman–Crippen MR) is 132 cm³/mol. The molecule has 5 heteroatoms. The van der Waals surface area contributed by atoms with Crippen molar-refractivity contribution in [3.05, 3.63) is 35.9 Å². The van der Waals surface area contributed by atoms with E-state index < -0.39 is 11.6 Å². The highest BCUT2D eigenvalue weighted by Crippen LogP contribution is 2.39. The van der Waals surface area contributed by atoms with Gasteiger partial charge in [0.2, 0.25) is 11.6 Å². The molecular formula is C29H36F2O3. The van der Waals surface area contributed by atoms with Crippen LogP contribution in [0.15, 0.2) is 28.7 Å². The van der Waals surface area contributed by atoms with Crippen LogP contribution in [0.2, 0.25) is 0 Å². The summed E-state index contributed by atoms with van der Waals surface area (Å²) in [6.07, 6.45) is 14.2. The Morgan fingerprint density at radius 2 is 1.41 bits per heavy atom. The van der Waals surface area contributed by atoms with Crippen molar-refractivity contribution in [3.8, 4) is 11.5 Å². The van der Waals surface area contributed by atoms with Crippen LogP contribution in [0.5, 0.6) is 11.5 Å². The van der Waals surface area contributed by atoms with Crippen LogP contribution in [0, 0.1) is 23.5 Å². The van der Waals surface area contributed by atoms with Gasteiger partial charge in [-0.25, -0.2) is 0 Å². The van der Waals surface area contributed by atoms with E-state index >= 15 is 8.78 Å². The van der Waals surface area contributed by atoms with Crippen molar-refractivity contribution < 1.29 is 22.7 Å². The summed E-state index contributed by atoms with van der Waals surface area (Å²) >= 11 is 0. The van der Waals surface area contributed by atoms with E-state index in [0.717, 1.165) is 44.4 Å². The smallest absolute Gasteiger partial charge is 0.208 e. The molecule has 34 heavy (non-hydrogen) atoms. The average molecular weight is 471 g/mol. The van der Waals surface area contributed by atoms with Gasteiger partial charge in [0.25, 0.3) is 0 Å². The molecule has 0 saturated heterocycles. The monoisotopic (exact) mass is 470 g/mol. The molecule has 2 fully saturated rings. The quantitative estimate of drug-likeness (QED) is 0.293. The van der Waals surface area contributed by atoms with Crippen LogP contribution >= 0.6 is 0 Å². The Morgan fingerprint density at radius 1 is 0.794 bits per heavy atom. The standard InChI is InChI=1S/C29H36F2O3/c1-2-3-4-7-19-10-12-20(13-11-19)18-32-24-16-14-22-23-15-17-25(33-21-8-5-6-9-21)27(31)29(23)34-28(22)26(24)30/h14-17,19-21H,2-13,18H2,1H3. The third kappa shape index (κ3) is 4.89. The molecule has 3 nitrogen and oxygen atoms in total. The van der Waals surface area contributed by atoms with Crippen molar-refractivity contribution in [2.75, 3.05) is 6.61 Å². The number of hydrogen-bond acceptors (Lipinski definition) is 3. The van der Waals surface area contributed by atoms with Gasteiger partial charge in [-0.3, -0.25) is 0 Å². The summed E-state index contributed by atoms with van der Waals surface area (Å²) in [5.74, 6) is 0.544. The number of fused-ring (bicyclic) bond motifs is 3. The molecule has 184 valence electrons. The number of unbranched alkanes of at least 4 members (excludes halogenated alkanes) is 2. The first-order valence-corrected chi connectivity index (χ1v) is 13.3. The van der Waals surface area contributed by atoms with E-state index in [1.165, 1.54) is 38.5 Å². The van der Waals surface area contributed by atoms with Crippen molar-refractivity contribution in [2.24, 2.45) is 11.8 Å². The zero-order valence-corrected chi connectivity index (χ0v) is 20.2. The molecule has 2 saturated carbocycles. The first-order chi connectivity index (χ1) is 16.6. The summed E-state index contributed by atoms with van der Waals surface area (Å²) in [5, 5.41) is 1.11. The lowest BCUT2D eigenvalue weighted by Gasteiger charge is -2.28. The van der Waals surface area contributed by atoms with Crippen molar-refractivity contribution in [2.45, 2.75) is 90.1 Å². The molecule has 1 heterocycles. The molecule has 2 aliphatic carbocycles. The van der Waals surface area contributed by atoms with Crippen LogP contribution in [0.25, 0.3) is 21.9 Å². The van der Waals surface area contributed by atoms with Crippen molar-refractivity contribution in [1.29, 1.82) is 0 Å². The summed E-state index contributed by atoms with van der Waals surface area (Å²) in [6, 6.07) is 6.80. The molecule has 0 aliphatic heterocycles. The van der Waals surface area contributed by atoms with E-state index in [1.54, 1.807) is 24.3 Å². The van der Waals surface area contributed by atoms with Gasteiger partial charge in [-0.15, -0.1) is 0 Å². The van der Waals surface area contributed by atoms with Gasteiger partial charge in [0.1, 0.15) is 0 Å². The highest BCUT2D eigenvalue weighted by Gasteiger charge is 2.25. The third-order valence-corrected chi connectivity index (χ3v) is 7.87. The highest BCUT2D eigenvalue weighted by molar-refractivity contribution is 6.06. The second kappa shape index (κ2) is 10.5. The first kappa shape index (κ1) is 23.4. The second-order valence-corrected chi connectivity index (χ2v) is 10.3. The number of benzene rings is 2. The van der Waals surface area contributed by atoms with Gasteiger partial charge in [0.05, 0.1) is 12.7 Å². The molecule has 0 N–H and O–H groups in total. The van der Waals surface area contributed by atoms with Gasteiger partial charge in [0, 0.05) is 10.8 Å². The van der Waals surface area contributed by atoms with Crippen LogP contribution in [0.4, 0.5) is 8.78 Å². The summed E-state index contributed by atoms with van der Waals surface area (Å²) in [7, 11) is 0. The van der Waals surface area contributed by atoms with Crippen LogP contribution in [-0.4, -0.2) is 12.7 Å². The maximum Gasteiger partial charge on any atom is 0.208 e.